The first-order valence-corrected chi connectivity index (χ1v) is 6.20. The Balaban J connectivity index is 0.00000200. The summed E-state index contributed by atoms with van der Waals surface area (Å²) in [4.78, 5) is 12.2. The van der Waals surface area contributed by atoms with Gasteiger partial charge < -0.3 is 26.6 Å². The Kier molecular flexibility index (Phi) is 6.57. The van der Waals surface area contributed by atoms with E-state index in [1.54, 1.807) is 32.4 Å². The largest absolute Gasteiger partial charge is 1.00 e. The number of nitrogens with one attached hydrogen (secondary N) is 2. The molecule has 0 atom stereocenters. The number of carbonyl (C=O) groups is 1. The van der Waals surface area contributed by atoms with Crippen LogP contribution >= 0.6 is 0 Å². The number of halogens is 1. The smallest absolute Gasteiger partial charge is 0.296 e. The molecule has 0 bridgehead atoms. The van der Waals surface area contributed by atoms with Gasteiger partial charge in [0.25, 0.3) is 5.91 Å². The lowest BCUT2D eigenvalue weighted by Gasteiger charge is -2.23. The fraction of sp³-hybridized carbons (Fsp3) is 0.462. The number of amides is 1. The van der Waals surface area contributed by atoms with E-state index in [9.17, 15) is 4.79 Å². The van der Waals surface area contributed by atoms with Crippen LogP contribution in [0, 0.1) is 0 Å². The molecule has 2 N–H and O–H groups in total. The number of morpholine rings is 1. The molecule has 0 aliphatic carbocycles. The van der Waals surface area contributed by atoms with Gasteiger partial charge in [-0.2, -0.15) is 5.43 Å². The van der Waals surface area contributed by atoms with Crippen molar-refractivity contribution in [3.05, 3.63) is 23.8 Å². The van der Waals surface area contributed by atoms with E-state index in [4.69, 9.17) is 14.2 Å². The molecule has 1 aliphatic rings. The summed E-state index contributed by atoms with van der Waals surface area (Å²) < 4.78 is 15.5. The third-order valence-corrected chi connectivity index (χ3v) is 3.00. The first-order valence-electron chi connectivity index (χ1n) is 6.20. The van der Waals surface area contributed by atoms with Crippen molar-refractivity contribution < 1.29 is 36.4 Å². The van der Waals surface area contributed by atoms with E-state index in [0.29, 0.717) is 30.3 Å². The SMILES string of the molecule is COc1cc(OC)cc(C(=O)N[NH+]2CCOCC2)c1.[Cl-]. The Bertz CT molecular complexity index is 428. The Labute approximate surface area is 124 Å². The number of carbonyl (C=O) groups excluding carboxylic acids is 1. The van der Waals surface area contributed by atoms with Gasteiger partial charge in [0.1, 0.15) is 24.6 Å². The molecule has 1 aromatic carbocycles. The highest BCUT2D eigenvalue weighted by Gasteiger charge is 2.18. The molecular formula is C13H19ClN2O4. The average molecular weight is 303 g/mol. The lowest BCUT2D eigenvalue weighted by Crippen LogP contribution is -3.20. The van der Waals surface area contributed by atoms with Gasteiger partial charge in [-0.25, -0.2) is 5.01 Å². The molecule has 112 valence electrons. The fourth-order valence-corrected chi connectivity index (χ4v) is 1.91. The number of quaternary nitrogens is 1. The van der Waals surface area contributed by atoms with Crippen LogP contribution in [0.15, 0.2) is 18.2 Å². The molecule has 1 aromatic rings. The van der Waals surface area contributed by atoms with Gasteiger partial charge in [0, 0.05) is 6.07 Å². The zero-order valence-electron chi connectivity index (χ0n) is 11.6. The third-order valence-electron chi connectivity index (χ3n) is 3.00. The third kappa shape index (κ3) is 4.26. The molecule has 0 spiro atoms. The standard InChI is InChI=1S/C13H18N2O4.ClH/c1-17-11-7-10(8-12(9-11)18-2)13(16)14-15-3-5-19-6-4-15;/h7-9H,3-6H2,1-2H3,(H,14,16);1H. The van der Waals surface area contributed by atoms with Crippen molar-refractivity contribution in [1.29, 1.82) is 0 Å². The minimum absolute atomic E-state index is 0. The topological polar surface area (TPSA) is 61.2 Å². The summed E-state index contributed by atoms with van der Waals surface area (Å²) in [6, 6.07) is 5.12. The van der Waals surface area contributed by atoms with E-state index in [-0.39, 0.29) is 18.3 Å². The first-order chi connectivity index (χ1) is 9.22. The maximum absolute atomic E-state index is 12.2. The summed E-state index contributed by atoms with van der Waals surface area (Å²) in [5.41, 5.74) is 3.45. The predicted octanol–water partition coefficient (Wildman–Crippen LogP) is -3.73. The van der Waals surface area contributed by atoms with Crippen molar-refractivity contribution in [1.82, 2.24) is 5.43 Å². The summed E-state index contributed by atoms with van der Waals surface area (Å²) in [7, 11) is 3.12. The van der Waals surface area contributed by atoms with E-state index >= 15 is 0 Å². The fourth-order valence-electron chi connectivity index (χ4n) is 1.91. The second kappa shape index (κ2) is 7.94. The molecule has 1 amide bonds. The van der Waals surface area contributed by atoms with Gasteiger partial charge in [-0.15, -0.1) is 0 Å². The maximum atomic E-state index is 12.2. The molecule has 1 heterocycles. The van der Waals surface area contributed by atoms with Crippen LogP contribution in [0.25, 0.3) is 0 Å². The Hall–Kier alpha value is -1.50. The Morgan fingerprint density at radius 3 is 2.20 bits per heavy atom. The van der Waals surface area contributed by atoms with Crippen molar-refractivity contribution >= 4 is 5.91 Å². The lowest BCUT2D eigenvalue weighted by molar-refractivity contribution is -0.942. The number of ether oxygens (including phenoxy) is 3. The molecule has 7 heteroatoms. The van der Waals surface area contributed by atoms with Crippen LogP contribution in [0.3, 0.4) is 0 Å². The molecule has 0 saturated carbocycles. The van der Waals surface area contributed by atoms with Gasteiger partial charge in [0.15, 0.2) is 0 Å². The van der Waals surface area contributed by atoms with Crippen LogP contribution in [0.2, 0.25) is 0 Å². The maximum Gasteiger partial charge on any atom is 0.296 e. The lowest BCUT2D eigenvalue weighted by atomic mass is 10.2. The van der Waals surface area contributed by atoms with Crippen LogP contribution in [0.4, 0.5) is 0 Å². The number of methoxy groups -OCH3 is 2. The summed E-state index contributed by atoms with van der Waals surface area (Å²) in [5.74, 6) is 1.05. The van der Waals surface area contributed by atoms with Gasteiger partial charge in [0.2, 0.25) is 0 Å². The van der Waals surface area contributed by atoms with Crippen LogP contribution in [-0.2, 0) is 4.74 Å². The molecule has 20 heavy (non-hydrogen) atoms. The second-order valence-corrected chi connectivity index (χ2v) is 4.27. The summed E-state index contributed by atoms with van der Waals surface area (Å²) in [6.07, 6.45) is 0. The average Bonchev–Trinajstić information content (AvgIpc) is 2.47. The molecule has 0 unspecified atom stereocenters. The number of hydrogen-bond acceptors (Lipinski definition) is 4. The summed E-state index contributed by atoms with van der Waals surface area (Å²) in [5, 5.41) is 1.01. The van der Waals surface area contributed by atoms with Crippen molar-refractivity contribution in [3.8, 4) is 11.5 Å². The molecule has 1 fully saturated rings. The summed E-state index contributed by atoms with van der Waals surface area (Å²) >= 11 is 0. The van der Waals surface area contributed by atoms with Crippen molar-refractivity contribution in [2.75, 3.05) is 40.5 Å². The van der Waals surface area contributed by atoms with Gasteiger partial charge in [0.05, 0.1) is 33.0 Å². The number of benzene rings is 1. The van der Waals surface area contributed by atoms with E-state index in [0.717, 1.165) is 18.1 Å². The van der Waals surface area contributed by atoms with Gasteiger partial charge in [-0.05, 0) is 12.1 Å². The minimum atomic E-state index is -0.144. The van der Waals surface area contributed by atoms with Gasteiger partial charge >= 0.3 is 0 Å². The van der Waals surface area contributed by atoms with Crippen molar-refractivity contribution in [2.24, 2.45) is 0 Å². The van der Waals surface area contributed by atoms with E-state index in [1.807, 2.05) is 0 Å². The van der Waals surface area contributed by atoms with E-state index in [1.165, 1.54) is 0 Å². The monoisotopic (exact) mass is 302 g/mol. The normalized spacial score (nSPS) is 15.1. The highest BCUT2D eigenvalue weighted by Crippen LogP contribution is 2.22. The van der Waals surface area contributed by atoms with Crippen molar-refractivity contribution in [3.63, 3.8) is 0 Å². The molecule has 2 rings (SSSR count). The highest BCUT2D eigenvalue weighted by atomic mass is 35.5. The minimum Gasteiger partial charge on any atom is -1.00 e. The molecule has 1 saturated heterocycles. The van der Waals surface area contributed by atoms with Crippen LogP contribution in [0.1, 0.15) is 10.4 Å². The van der Waals surface area contributed by atoms with Gasteiger partial charge in [-0.1, -0.05) is 0 Å². The van der Waals surface area contributed by atoms with Crippen molar-refractivity contribution in [2.45, 2.75) is 0 Å². The number of rotatable bonds is 4. The first kappa shape index (κ1) is 16.6. The molecule has 1 aliphatic heterocycles. The van der Waals surface area contributed by atoms with Crippen LogP contribution < -0.4 is 32.3 Å². The quantitative estimate of drug-likeness (QED) is 0.600. The zero-order chi connectivity index (χ0) is 13.7. The molecular weight excluding hydrogens is 284 g/mol. The summed E-state index contributed by atoms with van der Waals surface area (Å²) in [6.45, 7) is 2.87. The predicted molar refractivity (Wildman–Crippen MR) is 68.5 cm³/mol. The Morgan fingerprint density at radius 2 is 1.70 bits per heavy atom. The van der Waals surface area contributed by atoms with E-state index < -0.39 is 0 Å². The molecule has 0 aromatic heterocycles. The highest BCUT2D eigenvalue weighted by molar-refractivity contribution is 5.94. The number of hydrogen-bond donors (Lipinski definition) is 2. The van der Waals surface area contributed by atoms with Crippen LogP contribution in [-0.4, -0.2) is 46.4 Å². The zero-order valence-corrected chi connectivity index (χ0v) is 12.3. The molecule has 0 radical (unpaired) electrons. The van der Waals surface area contributed by atoms with Gasteiger partial charge in [-0.3, -0.25) is 4.79 Å². The van der Waals surface area contributed by atoms with Crippen LogP contribution in [0.5, 0.6) is 11.5 Å². The second-order valence-electron chi connectivity index (χ2n) is 4.27. The molecule has 6 nitrogen and oxygen atoms in total. The Morgan fingerprint density at radius 1 is 1.15 bits per heavy atom. The van der Waals surface area contributed by atoms with E-state index in [2.05, 4.69) is 5.43 Å².